The Labute approximate surface area is 177 Å². The summed E-state index contributed by atoms with van der Waals surface area (Å²) in [6.07, 6.45) is 5.48. The van der Waals surface area contributed by atoms with Gasteiger partial charge in [0.05, 0.1) is 17.1 Å². The highest BCUT2D eigenvalue weighted by Gasteiger charge is 2.28. The summed E-state index contributed by atoms with van der Waals surface area (Å²) in [5, 5.41) is 6.20. The van der Waals surface area contributed by atoms with Crippen LogP contribution in [0.2, 0.25) is 0 Å². The van der Waals surface area contributed by atoms with Crippen LogP contribution in [0.5, 0.6) is 0 Å². The molecule has 1 amide bonds. The van der Waals surface area contributed by atoms with E-state index in [1.165, 1.54) is 10.9 Å². The summed E-state index contributed by atoms with van der Waals surface area (Å²) in [7, 11) is 0. The van der Waals surface area contributed by atoms with E-state index in [9.17, 15) is 9.59 Å². The van der Waals surface area contributed by atoms with Crippen molar-refractivity contribution < 1.29 is 4.79 Å². The maximum atomic E-state index is 13.3. The fourth-order valence-corrected chi connectivity index (χ4v) is 4.83. The molecule has 0 atom stereocenters. The van der Waals surface area contributed by atoms with Gasteiger partial charge in [0, 0.05) is 30.2 Å². The first kappa shape index (κ1) is 17.9. The second-order valence-corrected chi connectivity index (χ2v) is 8.15. The molecule has 31 heavy (non-hydrogen) atoms. The molecule has 7 nitrogen and oxygen atoms in total. The van der Waals surface area contributed by atoms with Crippen LogP contribution in [-0.4, -0.2) is 43.5 Å². The Morgan fingerprint density at radius 1 is 1.00 bits per heavy atom. The quantitative estimate of drug-likeness (QED) is 0.465. The zero-order valence-corrected chi connectivity index (χ0v) is 16.8. The number of para-hydroxylation sites is 2. The summed E-state index contributed by atoms with van der Waals surface area (Å²) in [6, 6.07) is 15.6. The number of likely N-dealkylation sites (tertiary alicyclic amines) is 1. The maximum Gasteiger partial charge on any atom is 0.259 e. The molecule has 154 valence electrons. The van der Waals surface area contributed by atoms with Gasteiger partial charge in [0.15, 0.2) is 0 Å². The van der Waals surface area contributed by atoms with Crippen molar-refractivity contribution in [2.24, 2.45) is 0 Å². The molecule has 0 unspecified atom stereocenters. The van der Waals surface area contributed by atoms with Crippen molar-refractivity contribution in [2.45, 2.75) is 18.8 Å². The van der Waals surface area contributed by atoms with Crippen LogP contribution in [0.1, 0.15) is 34.7 Å². The molecule has 2 N–H and O–H groups in total. The summed E-state index contributed by atoms with van der Waals surface area (Å²) >= 11 is 0. The van der Waals surface area contributed by atoms with Gasteiger partial charge in [-0.2, -0.15) is 5.10 Å². The Hall–Kier alpha value is -3.87. The van der Waals surface area contributed by atoms with Gasteiger partial charge in [0.25, 0.3) is 11.5 Å². The lowest BCUT2D eigenvalue weighted by molar-refractivity contribution is 0.0715. The number of carbonyl (C=O) groups excluding carboxylic acids is 1. The summed E-state index contributed by atoms with van der Waals surface area (Å²) in [5.74, 6) is 0.339. The molecule has 2 aromatic carbocycles. The average Bonchev–Trinajstić information content (AvgIpc) is 3.43. The molecule has 3 aromatic heterocycles. The molecule has 7 heteroatoms. The smallest absolute Gasteiger partial charge is 0.259 e. The van der Waals surface area contributed by atoms with Gasteiger partial charge < -0.3 is 14.9 Å². The topological polar surface area (TPSA) is 86.3 Å². The molecule has 6 rings (SSSR count). The predicted molar refractivity (Wildman–Crippen MR) is 119 cm³/mol. The molecule has 1 fully saturated rings. The number of hydrogen-bond acceptors (Lipinski definition) is 3. The van der Waals surface area contributed by atoms with Gasteiger partial charge in [0.2, 0.25) is 0 Å². The first-order chi connectivity index (χ1) is 15.2. The van der Waals surface area contributed by atoms with E-state index in [4.69, 9.17) is 0 Å². The zero-order chi connectivity index (χ0) is 20.9. The van der Waals surface area contributed by atoms with Gasteiger partial charge in [-0.05, 0) is 42.5 Å². The number of hydrogen-bond donors (Lipinski definition) is 2. The Kier molecular flexibility index (Phi) is 3.96. The van der Waals surface area contributed by atoms with Gasteiger partial charge in [-0.3, -0.25) is 9.59 Å². The van der Waals surface area contributed by atoms with Crippen LogP contribution in [0.15, 0.2) is 65.7 Å². The lowest BCUT2D eigenvalue weighted by Crippen LogP contribution is -2.38. The summed E-state index contributed by atoms with van der Waals surface area (Å²) in [5.41, 5.74) is 3.85. The third kappa shape index (κ3) is 2.77. The van der Waals surface area contributed by atoms with Crippen molar-refractivity contribution in [1.29, 1.82) is 0 Å². The third-order valence-electron chi connectivity index (χ3n) is 6.45. The minimum Gasteiger partial charge on any atom is -0.361 e. The standard InChI is InChI=1S/C24H21N5O2/c30-23-17-6-2-4-8-21(17)29-22(27-23)19(14-26-29)24(31)28-11-9-15(10-12-28)18-13-25-20-7-3-1-5-16(18)20/h1-8,13-15,25H,9-12H2,(H,27,30). The normalized spacial score (nSPS) is 15.3. The Morgan fingerprint density at radius 3 is 2.58 bits per heavy atom. The predicted octanol–water partition coefficient (Wildman–Crippen LogP) is 3.68. The number of rotatable bonds is 2. The molecular weight excluding hydrogens is 390 g/mol. The van der Waals surface area contributed by atoms with Crippen molar-refractivity contribution in [2.75, 3.05) is 13.1 Å². The number of aromatic amines is 2. The SMILES string of the molecule is O=C(c1cnn2c1[nH]c(=O)c1ccccc12)N1CCC(c2c[nH]c3ccccc23)CC1. The van der Waals surface area contributed by atoms with E-state index in [2.05, 4.69) is 39.5 Å². The third-order valence-corrected chi connectivity index (χ3v) is 6.45. The van der Waals surface area contributed by atoms with Crippen molar-refractivity contribution >= 4 is 33.4 Å². The second-order valence-electron chi connectivity index (χ2n) is 8.15. The lowest BCUT2D eigenvalue weighted by atomic mass is 9.89. The molecule has 1 aliphatic heterocycles. The fraction of sp³-hybridized carbons (Fsp3) is 0.208. The Bertz CT molecular complexity index is 1500. The number of H-pyrrole nitrogens is 2. The molecule has 0 spiro atoms. The summed E-state index contributed by atoms with van der Waals surface area (Å²) in [4.78, 5) is 33.8. The summed E-state index contributed by atoms with van der Waals surface area (Å²) < 4.78 is 1.64. The average molecular weight is 411 g/mol. The summed E-state index contributed by atoms with van der Waals surface area (Å²) in [6.45, 7) is 1.36. The van der Waals surface area contributed by atoms with E-state index >= 15 is 0 Å². The van der Waals surface area contributed by atoms with Crippen LogP contribution in [0, 0.1) is 0 Å². The van der Waals surface area contributed by atoms with Crippen LogP contribution in [0.4, 0.5) is 0 Å². The molecule has 1 saturated heterocycles. The molecule has 5 aromatic rings. The monoisotopic (exact) mass is 411 g/mol. The number of amides is 1. The van der Waals surface area contributed by atoms with E-state index in [1.807, 2.05) is 29.2 Å². The number of carbonyl (C=O) groups is 1. The van der Waals surface area contributed by atoms with Crippen molar-refractivity contribution in [3.8, 4) is 0 Å². The van der Waals surface area contributed by atoms with Gasteiger partial charge in [-0.1, -0.05) is 30.3 Å². The van der Waals surface area contributed by atoms with Crippen molar-refractivity contribution in [3.63, 3.8) is 0 Å². The largest absolute Gasteiger partial charge is 0.361 e. The minimum atomic E-state index is -0.212. The Morgan fingerprint density at radius 2 is 1.74 bits per heavy atom. The highest BCUT2D eigenvalue weighted by molar-refractivity contribution is 6.00. The van der Waals surface area contributed by atoms with Crippen molar-refractivity contribution in [1.82, 2.24) is 24.5 Å². The van der Waals surface area contributed by atoms with E-state index < -0.39 is 0 Å². The van der Waals surface area contributed by atoms with Crippen LogP contribution in [0.3, 0.4) is 0 Å². The fourth-order valence-electron chi connectivity index (χ4n) is 4.83. The number of piperidine rings is 1. The van der Waals surface area contributed by atoms with Gasteiger partial charge in [-0.15, -0.1) is 0 Å². The van der Waals surface area contributed by atoms with Gasteiger partial charge in [-0.25, -0.2) is 4.52 Å². The molecule has 4 heterocycles. The van der Waals surface area contributed by atoms with E-state index in [0.717, 1.165) is 18.4 Å². The van der Waals surface area contributed by atoms with Crippen LogP contribution < -0.4 is 5.56 Å². The van der Waals surface area contributed by atoms with Crippen LogP contribution in [-0.2, 0) is 0 Å². The van der Waals surface area contributed by atoms with E-state index in [-0.39, 0.29) is 11.5 Å². The molecular formula is C24H21N5O2. The number of nitrogens with zero attached hydrogens (tertiary/aromatic N) is 3. The number of benzene rings is 2. The second kappa shape index (κ2) is 6.84. The zero-order valence-electron chi connectivity index (χ0n) is 16.8. The first-order valence-electron chi connectivity index (χ1n) is 10.5. The molecule has 0 radical (unpaired) electrons. The van der Waals surface area contributed by atoms with E-state index in [0.29, 0.717) is 41.1 Å². The van der Waals surface area contributed by atoms with Crippen LogP contribution in [0.25, 0.3) is 27.5 Å². The van der Waals surface area contributed by atoms with E-state index in [1.54, 1.807) is 16.8 Å². The maximum absolute atomic E-state index is 13.3. The molecule has 0 saturated carbocycles. The highest BCUT2D eigenvalue weighted by atomic mass is 16.2. The highest BCUT2D eigenvalue weighted by Crippen LogP contribution is 2.33. The Balaban J connectivity index is 1.28. The lowest BCUT2D eigenvalue weighted by Gasteiger charge is -2.31. The van der Waals surface area contributed by atoms with Crippen molar-refractivity contribution in [3.05, 3.63) is 82.4 Å². The van der Waals surface area contributed by atoms with Crippen LogP contribution >= 0.6 is 0 Å². The molecule has 0 aliphatic carbocycles. The first-order valence-corrected chi connectivity index (χ1v) is 10.5. The molecule has 0 bridgehead atoms. The van der Waals surface area contributed by atoms with Gasteiger partial charge in [0.1, 0.15) is 11.2 Å². The van der Waals surface area contributed by atoms with Gasteiger partial charge >= 0.3 is 0 Å². The number of fused-ring (bicyclic) bond motifs is 4. The number of aromatic nitrogens is 4. The number of nitrogens with one attached hydrogen (secondary N) is 2. The molecule has 1 aliphatic rings. The minimum absolute atomic E-state index is 0.0849.